The van der Waals surface area contributed by atoms with E-state index in [9.17, 15) is 4.79 Å². The van der Waals surface area contributed by atoms with Crippen molar-refractivity contribution < 1.29 is 9.53 Å². The molecule has 6 heteroatoms. The molecule has 0 unspecified atom stereocenters. The molecule has 1 aliphatic heterocycles. The summed E-state index contributed by atoms with van der Waals surface area (Å²) < 4.78 is 5.44. The number of piperazine rings is 1. The lowest BCUT2D eigenvalue weighted by Crippen LogP contribution is -2.46. The van der Waals surface area contributed by atoms with Gasteiger partial charge in [-0.2, -0.15) is 0 Å². The van der Waals surface area contributed by atoms with Crippen molar-refractivity contribution in [2.45, 2.75) is 13.0 Å². The zero-order chi connectivity index (χ0) is 20.8. The van der Waals surface area contributed by atoms with E-state index in [1.165, 1.54) is 5.56 Å². The number of rotatable bonds is 6. The number of hydrogen-bond donors (Lipinski definition) is 2. The van der Waals surface area contributed by atoms with E-state index in [1.54, 1.807) is 6.07 Å². The highest BCUT2D eigenvalue weighted by Gasteiger charge is 2.22. The van der Waals surface area contributed by atoms with Crippen LogP contribution in [-0.2, 0) is 0 Å². The first-order valence-electron chi connectivity index (χ1n) is 10.3. The van der Waals surface area contributed by atoms with Crippen LogP contribution < -0.4 is 20.3 Å². The second-order valence-corrected chi connectivity index (χ2v) is 7.16. The van der Waals surface area contributed by atoms with Crippen molar-refractivity contribution >= 4 is 17.4 Å². The van der Waals surface area contributed by atoms with E-state index in [1.807, 2.05) is 49.4 Å². The van der Waals surface area contributed by atoms with E-state index in [0.29, 0.717) is 18.0 Å². The number of carbonyl (C=O) groups excluding carboxylic acids is 1. The molecule has 0 bridgehead atoms. The van der Waals surface area contributed by atoms with Crippen molar-refractivity contribution in [1.82, 2.24) is 10.3 Å². The number of ether oxygens (including phenoxy) is 1. The van der Waals surface area contributed by atoms with Gasteiger partial charge in [-0.05, 0) is 48.9 Å². The molecule has 1 atom stereocenters. The Labute approximate surface area is 176 Å². The minimum absolute atomic E-state index is 0.226. The summed E-state index contributed by atoms with van der Waals surface area (Å²) >= 11 is 0. The van der Waals surface area contributed by atoms with E-state index in [2.05, 4.69) is 44.8 Å². The Morgan fingerprint density at radius 1 is 1.10 bits per heavy atom. The van der Waals surface area contributed by atoms with Crippen LogP contribution in [0.25, 0.3) is 0 Å². The van der Waals surface area contributed by atoms with Gasteiger partial charge < -0.3 is 20.3 Å². The first-order chi connectivity index (χ1) is 14.7. The first-order valence-corrected chi connectivity index (χ1v) is 10.3. The van der Waals surface area contributed by atoms with E-state index >= 15 is 0 Å². The molecule has 1 aromatic heterocycles. The number of nitrogens with one attached hydrogen (secondary N) is 2. The molecular weight excluding hydrogens is 376 g/mol. The molecular formula is C24H26N4O2. The molecule has 0 spiro atoms. The van der Waals surface area contributed by atoms with Crippen LogP contribution in [-0.4, -0.2) is 37.1 Å². The fourth-order valence-electron chi connectivity index (χ4n) is 3.59. The monoisotopic (exact) mass is 402 g/mol. The SMILES string of the molecule is CCOc1ccc(NC(=O)c2cccc(N3CCN[C@@H](c4ccccc4)C3)n2)cc1. The van der Waals surface area contributed by atoms with E-state index in [0.717, 1.165) is 31.2 Å². The molecule has 30 heavy (non-hydrogen) atoms. The number of benzene rings is 2. The molecule has 4 rings (SSSR count). The van der Waals surface area contributed by atoms with Crippen LogP contribution in [0.1, 0.15) is 29.0 Å². The largest absolute Gasteiger partial charge is 0.494 e. The Morgan fingerprint density at radius 3 is 2.67 bits per heavy atom. The Hall–Kier alpha value is -3.38. The molecule has 0 aliphatic carbocycles. The Bertz CT molecular complexity index is 976. The maximum Gasteiger partial charge on any atom is 0.274 e. The van der Waals surface area contributed by atoms with Gasteiger partial charge in [0.05, 0.1) is 6.61 Å². The summed E-state index contributed by atoms with van der Waals surface area (Å²) in [5.41, 5.74) is 2.37. The Kier molecular flexibility index (Phi) is 6.25. The molecule has 2 N–H and O–H groups in total. The third kappa shape index (κ3) is 4.78. The molecule has 1 aliphatic rings. The van der Waals surface area contributed by atoms with Gasteiger partial charge in [-0.3, -0.25) is 4.79 Å². The van der Waals surface area contributed by atoms with Crippen LogP contribution in [0.2, 0.25) is 0 Å². The molecule has 1 saturated heterocycles. The van der Waals surface area contributed by atoms with Crippen molar-refractivity contribution in [2.75, 3.05) is 36.5 Å². The third-order valence-electron chi connectivity index (χ3n) is 5.09. The van der Waals surface area contributed by atoms with E-state index in [-0.39, 0.29) is 11.9 Å². The zero-order valence-electron chi connectivity index (χ0n) is 17.0. The minimum Gasteiger partial charge on any atom is -0.494 e. The van der Waals surface area contributed by atoms with Crippen LogP contribution in [0, 0.1) is 0 Å². The fourth-order valence-corrected chi connectivity index (χ4v) is 3.59. The number of carbonyl (C=O) groups is 1. The minimum atomic E-state index is -0.226. The molecule has 154 valence electrons. The van der Waals surface area contributed by atoms with E-state index < -0.39 is 0 Å². The number of hydrogen-bond acceptors (Lipinski definition) is 5. The van der Waals surface area contributed by atoms with Crippen molar-refractivity contribution in [1.29, 1.82) is 0 Å². The highest BCUT2D eigenvalue weighted by Crippen LogP contribution is 2.22. The number of aromatic nitrogens is 1. The smallest absolute Gasteiger partial charge is 0.274 e. The summed E-state index contributed by atoms with van der Waals surface area (Å²) in [4.78, 5) is 19.6. The van der Waals surface area contributed by atoms with Crippen molar-refractivity contribution in [3.8, 4) is 5.75 Å². The predicted molar refractivity (Wildman–Crippen MR) is 119 cm³/mol. The molecule has 1 fully saturated rings. The van der Waals surface area contributed by atoms with Gasteiger partial charge in [-0.1, -0.05) is 36.4 Å². The lowest BCUT2D eigenvalue weighted by molar-refractivity contribution is 0.102. The Morgan fingerprint density at radius 2 is 1.90 bits per heavy atom. The summed E-state index contributed by atoms with van der Waals surface area (Å²) in [7, 11) is 0. The van der Waals surface area contributed by atoms with Gasteiger partial charge in [0.2, 0.25) is 0 Å². The van der Waals surface area contributed by atoms with Gasteiger partial charge in [0, 0.05) is 31.4 Å². The highest BCUT2D eigenvalue weighted by molar-refractivity contribution is 6.03. The van der Waals surface area contributed by atoms with Gasteiger partial charge in [0.15, 0.2) is 0 Å². The van der Waals surface area contributed by atoms with Crippen molar-refractivity contribution in [3.63, 3.8) is 0 Å². The van der Waals surface area contributed by atoms with Crippen molar-refractivity contribution in [3.05, 3.63) is 84.1 Å². The lowest BCUT2D eigenvalue weighted by atomic mass is 10.0. The second kappa shape index (κ2) is 9.41. The summed E-state index contributed by atoms with van der Waals surface area (Å²) in [6.07, 6.45) is 0. The number of pyridine rings is 1. The fraction of sp³-hybridized carbons (Fsp3) is 0.250. The van der Waals surface area contributed by atoms with Gasteiger partial charge in [-0.25, -0.2) is 4.98 Å². The topological polar surface area (TPSA) is 66.5 Å². The molecule has 3 aromatic rings. The van der Waals surface area contributed by atoms with Crippen molar-refractivity contribution in [2.24, 2.45) is 0 Å². The number of nitrogens with zero attached hydrogens (tertiary/aromatic N) is 2. The standard InChI is InChI=1S/C24H26N4O2/c1-2-30-20-13-11-19(12-14-20)26-24(29)21-9-6-10-23(27-21)28-16-15-25-22(17-28)18-7-4-3-5-8-18/h3-14,22,25H,2,15-17H2,1H3,(H,26,29)/t22-/m1/s1. The average molecular weight is 402 g/mol. The summed E-state index contributed by atoms with van der Waals surface area (Å²) in [5.74, 6) is 1.37. The molecule has 2 aromatic carbocycles. The van der Waals surface area contributed by atoms with Crippen LogP contribution in [0.15, 0.2) is 72.8 Å². The average Bonchev–Trinajstić information content (AvgIpc) is 2.81. The molecule has 0 radical (unpaired) electrons. The van der Waals surface area contributed by atoms with Crippen LogP contribution in [0.3, 0.4) is 0 Å². The van der Waals surface area contributed by atoms with Gasteiger partial charge in [-0.15, -0.1) is 0 Å². The van der Waals surface area contributed by atoms with Crippen LogP contribution in [0.4, 0.5) is 11.5 Å². The first kappa shape index (κ1) is 19.9. The second-order valence-electron chi connectivity index (χ2n) is 7.16. The highest BCUT2D eigenvalue weighted by atomic mass is 16.5. The summed E-state index contributed by atoms with van der Waals surface area (Å²) in [6.45, 7) is 5.07. The maximum absolute atomic E-state index is 12.7. The van der Waals surface area contributed by atoms with Crippen LogP contribution in [0.5, 0.6) is 5.75 Å². The summed E-state index contributed by atoms with van der Waals surface area (Å²) in [5, 5.41) is 6.46. The Balaban J connectivity index is 1.44. The predicted octanol–water partition coefficient (Wildman–Crippen LogP) is 3.88. The molecule has 6 nitrogen and oxygen atoms in total. The quantitative estimate of drug-likeness (QED) is 0.655. The molecule has 2 heterocycles. The lowest BCUT2D eigenvalue weighted by Gasteiger charge is -2.34. The third-order valence-corrected chi connectivity index (χ3v) is 5.09. The maximum atomic E-state index is 12.7. The molecule has 0 saturated carbocycles. The number of amides is 1. The van der Waals surface area contributed by atoms with E-state index in [4.69, 9.17) is 4.74 Å². The van der Waals surface area contributed by atoms with Gasteiger partial charge in [0.25, 0.3) is 5.91 Å². The van der Waals surface area contributed by atoms with Gasteiger partial charge >= 0.3 is 0 Å². The molecule has 1 amide bonds. The zero-order valence-corrected chi connectivity index (χ0v) is 17.0. The normalized spacial score (nSPS) is 16.2. The van der Waals surface area contributed by atoms with Gasteiger partial charge in [0.1, 0.15) is 17.3 Å². The number of anilines is 2. The van der Waals surface area contributed by atoms with Crippen LogP contribution >= 0.6 is 0 Å². The summed E-state index contributed by atoms with van der Waals surface area (Å²) in [6, 6.07) is 23.6.